The van der Waals surface area contributed by atoms with Crippen molar-refractivity contribution in [2.45, 2.75) is 20.3 Å². The minimum absolute atomic E-state index is 0.171. The Kier molecular flexibility index (Phi) is 6.64. The zero-order valence-electron chi connectivity index (χ0n) is 14.1. The molecule has 2 N–H and O–H groups in total. The van der Waals surface area contributed by atoms with Gasteiger partial charge in [-0.1, -0.05) is 25.4 Å². The molecule has 25 heavy (non-hydrogen) atoms. The molecule has 1 atom stereocenters. The molecule has 1 heterocycles. The van der Waals surface area contributed by atoms with Gasteiger partial charge in [0.1, 0.15) is 12.4 Å². The topological polar surface area (TPSA) is 93.7 Å². The van der Waals surface area contributed by atoms with Crippen LogP contribution in [0.3, 0.4) is 0 Å². The lowest BCUT2D eigenvalue weighted by atomic mass is 9.97. The van der Waals surface area contributed by atoms with Crippen molar-refractivity contribution in [3.05, 3.63) is 28.8 Å². The molecule has 0 bridgehead atoms. The van der Waals surface area contributed by atoms with E-state index in [4.69, 9.17) is 21.1 Å². The van der Waals surface area contributed by atoms with Crippen molar-refractivity contribution in [3.8, 4) is 5.75 Å². The summed E-state index contributed by atoms with van der Waals surface area (Å²) in [6.45, 7) is 3.96. The summed E-state index contributed by atoms with van der Waals surface area (Å²) in [5.41, 5.74) is 0.818. The molecular weight excluding hydrogens is 348 g/mol. The van der Waals surface area contributed by atoms with Gasteiger partial charge in [-0.15, -0.1) is 0 Å². The van der Waals surface area contributed by atoms with Crippen LogP contribution in [0.4, 0.5) is 4.79 Å². The number of carbonyl (C=O) groups excluding carboxylic acids is 3. The van der Waals surface area contributed by atoms with Gasteiger partial charge < -0.3 is 14.8 Å². The molecule has 0 radical (unpaired) electrons. The second-order valence-electron chi connectivity index (χ2n) is 6.22. The van der Waals surface area contributed by atoms with Crippen LogP contribution in [-0.4, -0.2) is 37.7 Å². The lowest BCUT2D eigenvalue weighted by molar-refractivity contribution is -0.153. The predicted molar refractivity (Wildman–Crippen MR) is 91.5 cm³/mol. The first kappa shape index (κ1) is 19.1. The highest BCUT2D eigenvalue weighted by molar-refractivity contribution is 6.30. The van der Waals surface area contributed by atoms with E-state index in [-0.39, 0.29) is 12.5 Å². The zero-order chi connectivity index (χ0) is 18.4. The number of hydrogen-bond acceptors (Lipinski definition) is 5. The molecule has 1 aromatic rings. The van der Waals surface area contributed by atoms with Gasteiger partial charge in [0.25, 0.3) is 5.91 Å². The summed E-state index contributed by atoms with van der Waals surface area (Å²) in [5, 5.41) is 5.20. The molecule has 0 aliphatic carbocycles. The number of hydrogen-bond donors (Lipinski definition) is 2. The molecule has 0 fully saturated rings. The van der Waals surface area contributed by atoms with Gasteiger partial charge in [0, 0.05) is 11.6 Å². The van der Waals surface area contributed by atoms with E-state index in [9.17, 15) is 14.4 Å². The lowest BCUT2D eigenvalue weighted by Gasteiger charge is -2.24. The highest BCUT2D eigenvalue weighted by Crippen LogP contribution is 2.30. The molecular formula is C17H21ClN2O5. The molecule has 7 nitrogen and oxygen atoms in total. The number of amides is 3. The molecule has 0 saturated carbocycles. The number of benzene rings is 1. The number of esters is 1. The minimum atomic E-state index is -0.685. The number of urea groups is 1. The highest BCUT2D eigenvalue weighted by Gasteiger charge is 2.28. The van der Waals surface area contributed by atoms with E-state index >= 15 is 0 Å². The van der Waals surface area contributed by atoms with Gasteiger partial charge >= 0.3 is 12.0 Å². The Labute approximate surface area is 151 Å². The van der Waals surface area contributed by atoms with Crippen LogP contribution in [-0.2, 0) is 20.7 Å². The Morgan fingerprint density at radius 1 is 1.36 bits per heavy atom. The van der Waals surface area contributed by atoms with Crippen molar-refractivity contribution in [1.82, 2.24) is 10.6 Å². The molecule has 0 spiro atoms. The average molecular weight is 369 g/mol. The van der Waals surface area contributed by atoms with Crippen LogP contribution in [0.15, 0.2) is 18.2 Å². The van der Waals surface area contributed by atoms with E-state index in [1.807, 2.05) is 13.8 Å². The Morgan fingerprint density at radius 3 is 2.84 bits per heavy atom. The van der Waals surface area contributed by atoms with E-state index < -0.39 is 30.4 Å². The molecule has 0 unspecified atom stereocenters. The number of ether oxygens (including phenoxy) is 2. The second-order valence-corrected chi connectivity index (χ2v) is 6.66. The molecule has 8 heteroatoms. The van der Waals surface area contributed by atoms with E-state index in [0.717, 1.165) is 5.56 Å². The van der Waals surface area contributed by atoms with Crippen molar-refractivity contribution in [2.24, 2.45) is 11.8 Å². The van der Waals surface area contributed by atoms with E-state index in [2.05, 4.69) is 10.6 Å². The molecule has 3 amide bonds. The first-order valence-corrected chi connectivity index (χ1v) is 8.38. The number of nitrogens with one attached hydrogen (secondary N) is 2. The van der Waals surface area contributed by atoms with Crippen molar-refractivity contribution >= 4 is 29.5 Å². The van der Waals surface area contributed by atoms with E-state index in [0.29, 0.717) is 23.7 Å². The Bertz CT molecular complexity index is 662. The fraction of sp³-hybridized carbons (Fsp3) is 0.471. The van der Waals surface area contributed by atoms with Crippen molar-refractivity contribution in [2.75, 3.05) is 19.8 Å². The molecule has 136 valence electrons. The fourth-order valence-electron chi connectivity index (χ4n) is 2.27. The van der Waals surface area contributed by atoms with Crippen LogP contribution in [0.25, 0.3) is 0 Å². The monoisotopic (exact) mass is 368 g/mol. The molecule has 1 aromatic carbocycles. The number of carbonyl (C=O) groups is 3. The molecule has 0 aromatic heterocycles. The third-order valence-electron chi connectivity index (χ3n) is 3.53. The third kappa shape index (κ3) is 5.94. The summed E-state index contributed by atoms with van der Waals surface area (Å²) >= 11 is 5.94. The van der Waals surface area contributed by atoms with Gasteiger partial charge in [0.15, 0.2) is 6.61 Å². The fourth-order valence-corrected chi connectivity index (χ4v) is 2.47. The summed E-state index contributed by atoms with van der Waals surface area (Å²) in [6, 6.07) is 4.59. The van der Waals surface area contributed by atoms with Gasteiger partial charge in [-0.05, 0) is 36.1 Å². The highest BCUT2D eigenvalue weighted by atomic mass is 35.5. The number of rotatable bonds is 5. The first-order chi connectivity index (χ1) is 11.8. The Hall–Kier alpha value is -2.28. The summed E-state index contributed by atoms with van der Waals surface area (Å²) < 4.78 is 10.5. The summed E-state index contributed by atoms with van der Waals surface area (Å²) in [5.74, 6) is -0.805. The van der Waals surface area contributed by atoms with Gasteiger partial charge in [0.05, 0.1) is 5.92 Å². The van der Waals surface area contributed by atoms with Crippen LogP contribution in [0.1, 0.15) is 19.4 Å². The van der Waals surface area contributed by atoms with Gasteiger partial charge in [-0.3, -0.25) is 14.9 Å². The van der Waals surface area contributed by atoms with E-state index in [1.165, 1.54) is 0 Å². The maximum absolute atomic E-state index is 12.1. The summed E-state index contributed by atoms with van der Waals surface area (Å²) in [7, 11) is 0. The lowest BCUT2D eigenvalue weighted by Crippen LogP contribution is -2.43. The van der Waals surface area contributed by atoms with Crippen LogP contribution < -0.4 is 15.4 Å². The molecule has 1 aliphatic heterocycles. The Morgan fingerprint density at radius 2 is 2.12 bits per heavy atom. The molecule has 1 aliphatic rings. The second kappa shape index (κ2) is 8.71. The van der Waals surface area contributed by atoms with Crippen LogP contribution in [0.2, 0.25) is 5.02 Å². The number of imide groups is 1. The van der Waals surface area contributed by atoms with Crippen LogP contribution in [0.5, 0.6) is 5.75 Å². The first-order valence-electron chi connectivity index (χ1n) is 8.00. The van der Waals surface area contributed by atoms with Crippen LogP contribution >= 0.6 is 11.6 Å². The van der Waals surface area contributed by atoms with Gasteiger partial charge in [-0.25, -0.2) is 4.79 Å². The summed E-state index contributed by atoms with van der Waals surface area (Å²) in [4.78, 5) is 35.2. The summed E-state index contributed by atoms with van der Waals surface area (Å²) in [6.07, 6.45) is 0.422. The van der Waals surface area contributed by atoms with Gasteiger partial charge in [0.2, 0.25) is 0 Å². The van der Waals surface area contributed by atoms with E-state index in [1.54, 1.807) is 18.2 Å². The maximum Gasteiger partial charge on any atom is 0.321 e. The number of fused-ring (bicyclic) bond motifs is 1. The van der Waals surface area contributed by atoms with Gasteiger partial charge in [-0.2, -0.15) is 0 Å². The van der Waals surface area contributed by atoms with Crippen LogP contribution in [0, 0.1) is 11.8 Å². The van der Waals surface area contributed by atoms with Crippen molar-refractivity contribution < 1.29 is 23.9 Å². The minimum Gasteiger partial charge on any atom is -0.492 e. The van der Waals surface area contributed by atoms with Crippen molar-refractivity contribution in [1.29, 1.82) is 0 Å². The number of halogens is 1. The standard InChI is InChI=1S/C17H21ClN2O5/c1-10(2)7-19-17(23)20-15(21)9-25-16(22)12-5-11-6-13(18)3-4-14(11)24-8-12/h3-4,6,10,12H,5,7-9H2,1-2H3,(H2,19,20,21,23)/t12-/m0/s1. The maximum atomic E-state index is 12.1. The largest absolute Gasteiger partial charge is 0.492 e. The predicted octanol–water partition coefficient (Wildman–Crippen LogP) is 1.92. The van der Waals surface area contributed by atoms with Crippen molar-refractivity contribution in [3.63, 3.8) is 0 Å². The third-order valence-corrected chi connectivity index (χ3v) is 3.77. The molecule has 0 saturated heterocycles. The SMILES string of the molecule is CC(C)CNC(=O)NC(=O)COC(=O)[C@@H]1COc2ccc(Cl)cc2C1. The Balaban J connectivity index is 1.77. The molecule has 2 rings (SSSR count). The smallest absolute Gasteiger partial charge is 0.321 e. The average Bonchev–Trinajstić information content (AvgIpc) is 2.57. The normalized spacial score (nSPS) is 15.8. The zero-order valence-corrected chi connectivity index (χ0v) is 14.9. The quantitative estimate of drug-likeness (QED) is 0.774.